The molecule has 1 atom stereocenters. The molecule has 1 spiro atoms. The highest BCUT2D eigenvalue weighted by Gasteiger charge is 2.37. The smallest absolute Gasteiger partial charge is 0.323 e. The second kappa shape index (κ2) is 16.4. The van der Waals surface area contributed by atoms with Crippen molar-refractivity contribution in [2.24, 2.45) is 5.41 Å². The molecule has 0 bridgehead atoms. The number of aliphatic hydroxyl groups excluding tert-OH is 1. The molecule has 4 heterocycles. The number of anilines is 1. The summed E-state index contributed by atoms with van der Waals surface area (Å²) in [6, 6.07) is 21.0. The number of nitriles is 1. The Morgan fingerprint density at radius 1 is 1.00 bits per heavy atom. The Hall–Kier alpha value is -4.63. The maximum Gasteiger partial charge on any atom is 0.323 e. The minimum absolute atomic E-state index is 0.0921. The zero-order valence-corrected chi connectivity index (χ0v) is 31.8. The van der Waals surface area contributed by atoms with Crippen LogP contribution in [0.1, 0.15) is 47.9 Å². The third-order valence-corrected chi connectivity index (χ3v) is 12.0. The normalized spacial score (nSPS) is 16.4. The number of aliphatic carboxylic acids is 1. The molecule has 54 heavy (non-hydrogen) atoms. The monoisotopic (exact) mass is 766 g/mol. The van der Waals surface area contributed by atoms with Gasteiger partial charge in [0.25, 0.3) is 0 Å². The van der Waals surface area contributed by atoms with E-state index in [0.29, 0.717) is 39.4 Å². The van der Waals surface area contributed by atoms with Crippen molar-refractivity contribution in [1.82, 2.24) is 19.8 Å². The molecule has 0 unspecified atom stereocenters. The summed E-state index contributed by atoms with van der Waals surface area (Å²) in [5.74, 6) is -0.673. The fourth-order valence-corrected chi connectivity index (χ4v) is 8.44. The van der Waals surface area contributed by atoms with Gasteiger partial charge in [-0.2, -0.15) is 5.26 Å². The Labute approximate surface area is 325 Å². The van der Waals surface area contributed by atoms with Gasteiger partial charge < -0.3 is 29.3 Å². The van der Waals surface area contributed by atoms with Crippen molar-refractivity contribution in [2.75, 3.05) is 44.7 Å². The van der Waals surface area contributed by atoms with Gasteiger partial charge >= 0.3 is 5.97 Å². The average Bonchev–Trinajstić information content (AvgIpc) is 3.60. The lowest BCUT2D eigenvalue weighted by atomic mass is 9.71. The van der Waals surface area contributed by atoms with Crippen molar-refractivity contribution in [3.63, 3.8) is 0 Å². The number of nitrogens with one attached hydrogen (secondary N) is 1. The van der Waals surface area contributed by atoms with E-state index in [0.717, 1.165) is 51.4 Å². The summed E-state index contributed by atoms with van der Waals surface area (Å²) in [5, 5.41) is 33.5. The lowest BCUT2D eigenvalue weighted by Crippen LogP contribution is -2.46. The Balaban J connectivity index is 1.14. The minimum Gasteiger partial charge on any atom is -0.489 e. The van der Waals surface area contributed by atoms with E-state index in [1.807, 2.05) is 12.3 Å². The standard InChI is InChI=1S/C42H44Cl2N6O4/c1-48-14-9-42(10-15-48)11-16-49(17-12-42)38-7-3-5-34(40(38)44)32-4-2-6-37-33(32)8-13-50(37)25-31-20-39(54-27-29-18-28(21-45)22-46-23-29)30(19-35(31)43)24-47-36(26-51)41(52)53/h2-8,13,18-20,22-23,36,47,51H,9-12,14-17,24-27H2,1H3,(H,52,53)/t36-/m0/s1. The lowest BCUT2D eigenvalue weighted by molar-refractivity contribution is -0.140. The number of ether oxygens (including phenoxy) is 1. The predicted molar refractivity (Wildman–Crippen MR) is 212 cm³/mol. The number of aromatic nitrogens is 2. The number of pyridine rings is 1. The summed E-state index contributed by atoms with van der Waals surface area (Å²) in [6.45, 7) is 4.48. The summed E-state index contributed by atoms with van der Waals surface area (Å²) < 4.78 is 8.39. The molecule has 3 N–H and O–H groups in total. The van der Waals surface area contributed by atoms with Gasteiger partial charge in [0.2, 0.25) is 0 Å². The largest absolute Gasteiger partial charge is 0.489 e. The van der Waals surface area contributed by atoms with Gasteiger partial charge in [-0.15, -0.1) is 0 Å². The number of carboxylic acids is 1. The summed E-state index contributed by atoms with van der Waals surface area (Å²) in [7, 11) is 2.22. The molecule has 2 saturated heterocycles. The highest BCUT2D eigenvalue weighted by atomic mass is 35.5. The van der Waals surface area contributed by atoms with Crippen LogP contribution in [0.3, 0.4) is 0 Å². The van der Waals surface area contributed by atoms with Gasteiger partial charge in [0.1, 0.15) is 24.5 Å². The third-order valence-electron chi connectivity index (χ3n) is 11.2. The van der Waals surface area contributed by atoms with Gasteiger partial charge in [0, 0.05) is 77.4 Å². The molecule has 10 nitrogen and oxygen atoms in total. The second-order valence-corrected chi connectivity index (χ2v) is 15.4. The van der Waals surface area contributed by atoms with Gasteiger partial charge in [-0.3, -0.25) is 15.1 Å². The first-order chi connectivity index (χ1) is 26.2. The molecule has 5 aromatic rings. The first kappa shape index (κ1) is 37.7. The van der Waals surface area contributed by atoms with Crippen LogP contribution < -0.4 is 15.0 Å². The van der Waals surface area contributed by atoms with Crippen LogP contribution in [0.15, 0.2) is 79.3 Å². The highest BCUT2D eigenvalue weighted by molar-refractivity contribution is 6.36. The second-order valence-electron chi connectivity index (χ2n) is 14.6. The molecule has 2 fully saturated rings. The Bertz CT molecular complexity index is 2180. The van der Waals surface area contributed by atoms with Crippen molar-refractivity contribution < 1.29 is 19.7 Å². The number of hydrogen-bond acceptors (Lipinski definition) is 8. The molecular formula is C42H44Cl2N6O4. The summed E-state index contributed by atoms with van der Waals surface area (Å²) in [5.41, 5.74) is 7.17. The van der Waals surface area contributed by atoms with Crippen LogP contribution in [0.4, 0.5) is 5.69 Å². The highest BCUT2D eigenvalue weighted by Crippen LogP contribution is 2.45. The number of hydrogen-bond donors (Lipinski definition) is 3. The van der Waals surface area contributed by atoms with E-state index < -0.39 is 18.6 Å². The van der Waals surface area contributed by atoms with Crippen LogP contribution in [0.25, 0.3) is 22.0 Å². The number of aliphatic hydroxyl groups is 1. The van der Waals surface area contributed by atoms with E-state index in [2.05, 4.69) is 80.2 Å². The molecular weight excluding hydrogens is 723 g/mol. The van der Waals surface area contributed by atoms with Gasteiger partial charge in [0.05, 0.1) is 22.9 Å². The van der Waals surface area contributed by atoms with Crippen molar-refractivity contribution in [3.8, 4) is 22.9 Å². The maximum atomic E-state index is 11.6. The van der Waals surface area contributed by atoms with E-state index in [-0.39, 0.29) is 13.2 Å². The SMILES string of the molecule is CN1CCC2(CC1)CCN(c1cccc(-c3cccc4c3ccn4Cc3cc(OCc4cncc(C#N)c4)c(CN[C@@H](CO)C(=O)O)cc3Cl)c1Cl)CC2. The number of piperidine rings is 2. The summed E-state index contributed by atoms with van der Waals surface area (Å²) in [6.07, 6.45) is 10.1. The maximum absolute atomic E-state index is 11.6. The number of nitrogens with zero attached hydrogens (tertiary/aromatic N) is 5. The van der Waals surface area contributed by atoms with Crippen LogP contribution in [-0.4, -0.2) is 76.5 Å². The molecule has 2 aliphatic heterocycles. The van der Waals surface area contributed by atoms with Crippen molar-refractivity contribution >= 4 is 45.8 Å². The first-order valence-electron chi connectivity index (χ1n) is 18.3. The molecule has 0 amide bonds. The lowest BCUT2D eigenvalue weighted by Gasteiger charge is -2.47. The van der Waals surface area contributed by atoms with Crippen molar-refractivity contribution in [1.29, 1.82) is 5.26 Å². The topological polar surface area (TPSA) is 127 Å². The van der Waals surface area contributed by atoms with Crippen molar-refractivity contribution in [2.45, 2.75) is 51.4 Å². The zero-order valence-electron chi connectivity index (χ0n) is 30.3. The van der Waals surface area contributed by atoms with E-state index in [1.165, 1.54) is 45.0 Å². The van der Waals surface area contributed by atoms with Gasteiger partial charge in [-0.05, 0) is 98.8 Å². The Morgan fingerprint density at radius 2 is 1.74 bits per heavy atom. The fraction of sp³-hybridized carbons (Fsp3) is 0.357. The fourth-order valence-electron chi connectivity index (χ4n) is 7.85. The van der Waals surface area contributed by atoms with E-state index in [9.17, 15) is 20.3 Å². The molecule has 0 saturated carbocycles. The molecule has 12 heteroatoms. The number of carbonyl (C=O) groups is 1. The molecule has 0 aliphatic carbocycles. The van der Waals surface area contributed by atoms with Crippen molar-refractivity contribution in [3.05, 3.63) is 112 Å². The van der Waals surface area contributed by atoms with Gasteiger partial charge in [-0.25, -0.2) is 0 Å². The number of carboxylic acid groups (broad SMARTS) is 1. The number of likely N-dealkylation sites (tertiary alicyclic amines) is 1. The molecule has 3 aromatic carbocycles. The molecule has 7 rings (SSSR count). The number of rotatable bonds is 12. The quantitative estimate of drug-likeness (QED) is 0.119. The molecule has 0 radical (unpaired) electrons. The molecule has 2 aromatic heterocycles. The molecule has 2 aliphatic rings. The molecule has 280 valence electrons. The summed E-state index contributed by atoms with van der Waals surface area (Å²) >= 11 is 14.2. The predicted octanol–water partition coefficient (Wildman–Crippen LogP) is 7.36. The van der Waals surface area contributed by atoms with E-state index in [1.54, 1.807) is 18.3 Å². The minimum atomic E-state index is -1.17. The van der Waals surface area contributed by atoms with Crippen LogP contribution in [-0.2, 0) is 24.5 Å². The number of benzene rings is 3. The Kier molecular flexibility index (Phi) is 11.4. The van der Waals surface area contributed by atoms with Crippen LogP contribution in [0, 0.1) is 16.7 Å². The van der Waals surface area contributed by atoms with Crippen LogP contribution in [0.2, 0.25) is 10.0 Å². The average molecular weight is 768 g/mol. The van der Waals surface area contributed by atoms with E-state index >= 15 is 0 Å². The number of halogens is 2. The summed E-state index contributed by atoms with van der Waals surface area (Å²) in [4.78, 5) is 20.6. The number of fused-ring (bicyclic) bond motifs is 1. The van der Waals surface area contributed by atoms with E-state index in [4.69, 9.17) is 27.9 Å². The van der Waals surface area contributed by atoms with Crippen LogP contribution in [0.5, 0.6) is 5.75 Å². The van der Waals surface area contributed by atoms with Crippen LogP contribution >= 0.6 is 23.2 Å². The van der Waals surface area contributed by atoms with Gasteiger partial charge in [-0.1, -0.05) is 47.5 Å². The zero-order chi connectivity index (χ0) is 37.8. The Morgan fingerprint density at radius 3 is 2.48 bits per heavy atom. The first-order valence-corrected chi connectivity index (χ1v) is 19.1. The van der Waals surface area contributed by atoms with Gasteiger partial charge in [0.15, 0.2) is 0 Å². The third kappa shape index (κ3) is 8.07.